The van der Waals surface area contributed by atoms with E-state index in [4.69, 9.17) is 4.98 Å². The Morgan fingerprint density at radius 2 is 1.86 bits per heavy atom. The zero-order valence-corrected chi connectivity index (χ0v) is 17.8. The van der Waals surface area contributed by atoms with E-state index in [0.717, 1.165) is 49.8 Å². The molecule has 6 heteroatoms. The van der Waals surface area contributed by atoms with Crippen molar-refractivity contribution in [1.82, 2.24) is 15.2 Å². The van der Waals surface area contributed by atoms with Gasteiger partial charge in [0.15, 0.2) is 5.13 Å². The van der Waals surface area contributed by atoms with E-state index in [1.807, 2.05) is 18.2 Å². The fraction of sp³-hybridized carbons (Fsp3) is 0.391. The molecule has 0 atom stereocenters. The number of carbonyl (C=O) groups is 1. The lowest BCUT2D eigenvalue weighted by Gasteiger charge is -2.34. The van der Waals surface area contributed by atoms with Gasteiger partial charge in [0.05, 0.1) is 10.2 Å². The lowest BCUT2D eigenvalue weighted by atomic mass is 10.1. The molecule has 1 aliphatic rings. The normalized spacial score (nSPS) is 15.0. The number of rotatable bonds is 7. The Morgan fingerprint density at radius 3 is 2.62 bits per heavy atom. The lowest BCUT2D eigenvalue weighted by molar-refractivity contribution is -0.121. The van der Waals surface area contributed by atoms with Gasteiger partial charge in [0.1, 0.15) is 0 Å². The van der Waals surface area contributed by atoms with Crippen LogP contribution >= 0.6 is 11.3 Å². The number of amides is 1. The van der Waals surface area contributed by atoms with Crippen molar-refractivity contribution in [1.29, 1.82) is 0 Å². The molecule has 0 bridgehead atoms. The van der Waals surface area contributed by atoms with Crippen LogP contribution in [0.5, 0.6) is 0 Å². The highest BCUT2D eigenvalue weighted by atomic mass is 32.1. The van der Waals surface area contributed by atoms with Crippen LogP contribution in [-0.2, 0) is 11.2 Å². The first-order valence-electron chi connectivity index (χ1n) is 10.3. The van der Waals surface area contributed by atoms with Gasteiger partial charge in [-0.1, -0.05) is 53.8 Å². The van der Waals surface area contributed by atoms with Crippen LogP contribution in [0.3, 0.4) is 0 Å². The van der Waals surface area contributed by atoms with Gasteiger partial charge in [-0.2, -0.15) is 0 Å². The molecule has 0 spiro atoms. The highest BCUT2D eigenvalue weighted by Crippen LogP contribution is 2.30. The third-order valence-corrected chi connectivity index (χ3v) is 6.57. The fourth-order valence-electron chi connectivity index (χ4n) is 3.72. The molecule has 2 heterocycles. The number of piperazine rings is 1. The van der Waals surface area contributed by atoms with Crippen LogP contribution in [0.15, 0.2) is 48.5 Å². The molecule has 0 radical (unpaired) electrons. The second-order valence-electron chi connectivity index (χ2n) is 7.58. The van der Waals surface area contributed by atoms with Crippen molar-refractivity contribution in [3.8, 4) is 0 Å². The van der Waals surface area contributed by atoms with Crippen molar-refractivity contribution in [3.05, 3.63) is 59.7 Å². The van der Waals surface area contributed by atoms with Crippen molar-refractivity contribution < 1.29 is 4.79 Å². The number of para-hydroxylation sites is 1. The average molecular weight is 409 g/mol. The summed E-state index contributed by atoms with van der Waals surface area (Å²) in [5.41, 5.74) is 3.59. The molecule has 29 heavy (non-hydrogen) atoms. The van der Waals surface area contributed by atoms with Crippen LogP contribution in [0, 0.1) is 6.92 Å². The Kier molecular flexibility index (Phi) is 6.42. The van der Waals surface area contributed by atoms with Crippen molar-refractivity contribution in [2.75, 3.05) is 44.2 Å². The molecule has 2 aromatic carbocycles. The predicted molar refractivity (Wildman–Crippen MR) is 121 cm³/mol. The van der Waals surface area contributed by atoms with Gasteiger partial charge in [0.2, 0.25) is 5.91 Å². The Morgan fingerprint density at radius 1 is 1.07 bits per heavy atom. The molecule has 5 nitrogen and oxygen atoms in total. The molecule has 0 saturated carbocycles. The molecule has 1 fully saturated rings. The second kappa shape index (κ2) is 9.37. The minimum Gasteiger partial charge on any atom is -0.355 e. The van der Waals surface area contributed by atoms with Crippen molar-refractivity contribution in [2.45, 2.75) is 19.8 Å². The summed E-state index contributed by atoms with van der Waals surface area (Å²) in [5.74, 6) is 0.136. The highest BCUT2D eigenvalue weighted by molar-refractivity contribution is 7.22. The molecule has 1 aromatic heterocycles. The van der Waals surface area contributed by atoms with E-state index >= 15 is 0 Å². The number of aryl methyl sites for hydroxylation is 2. The van der Waals surface area contributed by atoms with E-state index in [1.165, 1.54) is 15.8 Å². The topological polar surface area (TPSA) is 48.5 Å². The number of hydrogen-bond donors (Lipinski definition) is 1. The van der Waals surface area contributed by atoms with Gasteiger partial charge in [-0.3, -0.25) is 9.69 Å². The van der Waals surface area contributed by atoms with Crippen LogP contribution in [0.1, 0.15) is 17.5 Å². The molecule has 1 amide bonds. The monoisotopic (exact) mass is 408 g/mol. The molecule has 1 aliphatic heterocycles. The molecule has 4 rings (SSSR count). The van der Waals surface area contributed by atoms with Gasteiger partial charge < -0.3 is 10.2 Å². The molecular formula is C23H28N4OS. The van der Waals surface area contributed by atoms with Crippen LogP contribution in [-0.4, -0.2) is 55.1 Å². The average Bonchev–Trinajstić information content (AvgIpc) is 3.19. The van der Waals surface area contributed by atoms with Crippen LogP contribution in [0.4, 0.5) is 5.13 Å². The predicted octanol–water partition coefficient (Wildman–Crippen LogP) is 3.48. The zero-order chi connectivity index (χ0) is 20.1. The van der Waals surface area contributed by atoms with Gasteiger partial charge in [-0.15, -0.1) is 0 Å². The summed E-state index contributed by atoms with van der Waals surface area (Å²) in [4.78, 5) is 21.7. The van der Waals surface area contributed by atoms with Crippen molar-refractivity contribution >= 4 is 32.6 Å². The van der Waals surface area contributed by atoms with E-state index in [-0.39, 0.29) is 5.91 Å². The van der Waals surface area contributed by atoms with Crippen molar-refractivity contribution in [2.24, 2.45) is 0 Å². The summed E-state index contributed by atoms with van der Waals surface area (Å²) >= 11 is 1.78. The number of hydrogen-bond acceptors (Lipinski definition) is 5. The van der Waals surface area contributed by atoms with Gasteiger partial charge in [-0.05, 0) is 30.5 Å². The first-order chi connectivity index (χ1) is 14.2. The Bertz CT molecular complexity index is 948. The zero-order valence-electron chi connectivity index (χ0n) is 16.9. The highest BCUT2D eigenvalue weighted by Gasteiger charge is 2.20. The summed E-state index contributed by atoms with van der Waals surface area (Å²) in [6.07, 6.45) is 1.35. The van der Waals surface area contributed by atoms with Gasteiger partial charge in [0.25, 0.3) is 0 Å². The first kappa shape index (κ1) is 19.9. The number of nitrogens with zero attached hydrogens (tertiary/aromatic N) is 3. The molecule has 1 N–H and O–H groups in total. The third-order valence-electron chi connectivity index (χ3n) is 5.49. The third kappa shape index (κ3) is 5.14. The van der Waals surface area contributed by atoms with Crippen molar-refractivity contribution in [3.63, 3.8) is 0 Å². The number of fused-ring (bicyclic) bond motifs is 1. The quantitative estimate of drug-likeness (QED) is 0.650. The Hall–Kier alpha value is -2.44. The number of carbonyl (C=O) groups excluding carboxylic acids is 1. The molecule has 0 aliphatic carbocycles. The summed E-state index contributed by atoms with van der Waals surface area (Å²) in [7, 11) is 0. The number of nitrogens with one attached hydrogen (secondary N) is 1. The smallest absolute Gasteiger partial charge is 0.220 e. The number of thiazole rings is 1. The maximum atomic E-state index is 12.1. The largest absolute Gasteiger partial charge is 0.355 e. The molecule has 152 valence electrons. The molecule has 1 saturated heterocycles. The Balaban J connectivity index is 1.18. The van der Waals surface area contributed by atoms with E-state index in [0.29, 0.717) is 13.0 Å². The van der Waals surface area contributed by atoms with E-state index in [2.05, 4.69) is 52.4 Å². The Labute approximate surface area is 176 Å². The second-order valence-corrected chi connectivity index (χ2v) is 8.59. The fourth-order valence-corrected chi connectivity index (χ4v) is 4.81. The summed E-state index contributed by atoms with van der Waals surface area (Å²) in [6, 6.07) is 16.6. The summed E-state index contributed by atoms with van der Waals surface area (Å²) in [6.45, 7) is 7.74. The standard InChI is InChI=1S/C23H28N4OS/c1-18-6-5-9-20-22(18)25-23(29-20)27-16-14-26(15-17-27)13-12-24-21(28)11-10-19-7-3-2-4-8-19/h2-9H,10-17H2,1H3,(H,24,28). The minimum absolute atomic E-state index is 0.136. The van der Waals surface area contributed by atoms with Gasteiger partial charge in [-0.25, -0.2) is 4.98 Å². The molecule has 3 aromatic rings. The lowest BCUT2D eigenvalue weighted by Crippen LogP contribution is -2.48. The minimum atomic E-state index is 0.136. The molecular weight excluding hydrogens is 380 g/mol. The number of aromatic nitrogens is 1. The number of benzene rings is 2. The van der Waals surface area contributed by atoms with Crippen LogP contribution < -0.4 is 10.2 Å². The molecule has 0 unspecified atom stereocenters. The number of anilines is 1. The van der Waals surface area contributed by atoms with Gasteiger partial charge in [0, 0.05) is 45.7 Å². The summed E-state index contributed by atoms with van der Waals surface area (Å²) < 4.78 is 1.26. The van der Waals surface area contributed by atoms with E-state index < -0.39 is 0 Å². The van der Waals surface area contributed by atoms with Gasteiger partial charge >= 0.3 is 0 Å². The first-order valence-corrected chi connectivity index (χ1v) is 11.1. The summed E-state index contributed by atoms with van der Waals surface area (Å²) in [5, 5.41) is 4.19. The van der Waals surface area contributed by atoms with E-state index in [1.54, 1.807) is 11.3 Å². The van der Waals surface area contributed by atoms with Crippen LogP contribution in [0.2, 0.25) is 0 Å². The van der Waals surface area contributed by atoms with E-state index in [9.17, 15) is 4.79 Å². The maximum absolute atomic E-state index is 12.1. The maximum Gasteiger partial charge on any atom is 0.220 e. The van der Waals surface area contributed by atoms with Crippen LogP contribution in [0.25, 0.3) is 10.2 Å². The SMILES string of the molecule is Cc1cccc2sc(N3CCN(CCNC(=O)CCc4ccccc4)CC3)nc12.